The van der Waals surface area contributed by atoms with E-state index in [0.29, 0.717) is 0 Å². The van der Waals surface area contributed by atoms with Gasteiger partial charge < -0.3 is 0 Å². The van der Waals surface area contributed by atoms with Crippen molar-refractivity contribution in [3.8, 4) is 44.5 Å². The minimum absolute atomic E-state index is 1.12. The maximum Gasteiger partial charge on any atom is -0.00264 e. The van der Waals surface area contributed by atoms with Crippen molar-refractivity contribution in [1.82, 2.24) is 0 Å². The van der Waals surface area contributed by atoms with Crippen LogP contribution in [0.4, 0.5) is 0 Å². The molecule has 0 N–H and O–H groups in total. The van der Waals surface area contributed by atoms with Crippen LogP contribution in [0.2, 0.25) is 0 Å². The molecule has 0 amide bonds. The quantitative estimate of drug-likeness (QED) is 0.0768. The molecule has 0 nitrogen and oxygen atoms in total. The fraction of sp³-hybridized carbons (Fsp3) is 0.154. The Morgan fingerprint density at radius 2 is 0.910 bits per heavy atom. The van der Waals surface area contributed by atoms with Crippen LogP contribution >= 0.6 is 0 Å². The number of rotatable bonds is 9. The number of hydrogen-bond donors (Lipinski definition) is 0. The lowest BCUT2D eigenvalue weighted by atomic mass is 9.80. The molecular formula is C78H72. The largest absolute Gasteiger partial charge is 0.0984 e. The van der Waals surface area contributed by atoms with Crippen molar-refractivity contribution in [2.24, 2.45) is 0 Å². The third-order valence-corrected chi connectivity index (χ3v) is 15.7. The Labute approximate surface area is 464 Å². The van der Waals surface area contributed by atoms with E-state index in [1.807, 2.05) is 19.9 Å². The fourth-order valence-corrected chi connectivity index (χ4v) is 11.7. The van der Waals surface area contributed by atoms with Crippen LogP contribution in [0, 0.1) is 13.8 Å². The van der Waals surface area contributed by atoms with E-state index in [1.54, 1.807) is 0 Å². The number of unbranched alkanes of at least 4 members (excludes halogenated alkanes) is 2. The summed E-state index contributed by atoms with van der Waals surface area (Å²) in [5, 5.41) is 13.3. The van der Waals surface area contributed by atoms with E-state index in [4.69, 9.17) is 0 Å². The summed E-state index contributed by atoms with van der Waals surface area (Å²) in [7, 11) is 0. The van der Waals surface area contributed by atoms with Crippen molar-refractivity contribution in [2.45, 2.75) is 80.1 Å². The van der Waals surface area contributed by atoms with Crippen molar-refractivity contribution in [3.63, 3.8) is 0 Å². The lowest BCUT2D eigenvalue weighted by Gasteiger charge is -2.24. The highest BCUT2D eigenvalue weighted by Crippen LogP contribution is 2.45. The SMILES string of the molecule is C=Cc1ccc2c(-c3ccc(CCCCC)cc3)ccc3c2c1/C(=C\C)CC3.CC.Cc1ccc(-c2c3ccccc3c(-c3ccccc3)c3ccccc23)cc1.Cc1ccc(-c2cc3ccccc3c3ccccc23)cc1. The summed E-state index contributed by atoms with van der Waals surface area (Å²) in [4.78, 5) is 0. The van der Waals surface area contributed by atoms with Gasteiger partial charge in [0.25, 0.3) is 0 Å². The van der Waals surface area contributed by atoms with Gasteiger partial charge in [-0.25, -0.2) is 0 Å². The van der Waals surface area contributed by atoms with Crippen LogP contribution in [0.15, 0.2) is 243 Å². The highest BCUT2D eigenvalue weighted by Gasteiger charge is 2.21. The second kappa shape index (κ2) is 24.6. The molecule has 0 aliphatic heterocycles. The molecule has 12 aromatic rings. The molecule has 384 valence electrons. The number of allylic oxidation sites excluding steroid dienone is 2. The number of benzene rings is 12. The summed E-state index contributed by atoms with van der Waals surface area (Å²) < 4.78 is 0. The van der Waals surface area contributed by atoms with Gasteiger partial charge in [0.2, 0.25) is 0 Å². The Kier molecular flexibility index (Phi) is 16.7. The minimum atomic E-state index is 1.12. The van der Waals surface area contributed by atoms with Gasteiger partial charge in [-0.2, -0.15) is 0 Å². The molecule has 0 heterocycles. The van der Waals surface area contributed by atoms with Crippen molar-refractivity contribution < 1.29 is 0 Å². The first kappa shape index (κ1) is 52.8. The van der Waals surface area contributed by atoms with Gasteiger partial charge in [0.05, 0.1) is 0 Å². The molecule has 0 bridgehead atoms. The van der Waals surface area contributed by atoms with Crippen molar-refractivity contribution >= 4 is 65.5 Å². The standard InChI is InChI=1S/C28H30.C27H20.C21H16.C2H6/c1-4-7-8-9-20-10-12-23(13-11-20)25-18-17-24-15-14-21(5-2)27-22(6-3)16-19-26(25)28(24)27;1-19-15-17-21(18-16-19)27-24-13-7-5-11-22(24)26(20-9-3-2-4-10-20)23-12-6-8-14-25(23)27;1-15-10-12-16(13-11-15)21-14-17-6-2-3-7-18(17)19-8-4-5-9-20(19)21;1-2/h5-6,10-13,16-19H,3-4,7-9,14-15H2,1-2H3;2-18H,1H3;2-14H,1H3;1-2H3/b21-5-;;;. The third kappa shape index (κ3) is 10.9. The van der Waals surface area contributed by atoms with Gasteiger partial charge in [0.1, 0.15) is 0 Å². The van der Waals surface area contributed by atoms with Gasteiger partial charge in [-0.05, 0) is 179 Å². The predicted octanol–water partition coefficient (Wildman–Crippen LogP) is 22.9. The molecule has 12 aromatic carbocycles. The first-order chi connectivity index (χ1) is 38.4. The van der Waals surface area contributed by atoms with Crippen LogP contribution in [-0.2, 0) is 12.8 Å². The average molecular weight is 1010 g/mol. The molecule has 0 unspecified atom stereocenters. The molecule has 0 heteroatoms. The minimum Gasteiger partial charge on any atom is -0.0984 e. The van der Waals surface area contributed by atoms with Gasteiger partial charge in [-0.15, -0.1) is 0 Å². The van der Waals surface area contributed by atoms with Crippen molar-refractivity contribution in [3.05, 3.63) is 277 Å². The first-order valence-electron chi connectivity index (χ1n) is 28.4. The van der Waals surface area contributed by atoms with E-state index < -0.39 is 0 Å². The second-order valence-corrected chi connectivity index (χ2v) is 20.5. The Balaban J connectivity index is 0.000000131. The van der Waals surface area contributed by atoms with Crippen LogP contribution in [0.25, 0.3) is 110 Å². The normalized spacial score (nSPS) is 12.2. The van der Waals surface area contributed by atoms with E-state index >= 15 is 0 Å². The number of aryl methyl sites for hydroxylation is 4. The molecule has 0 saturated carbocycles. The lowest BCUT2D eigenvalue weighted by Crippen LogP contribution is -2.03. The maximum absolute atomic E-state index is 4.06. The van der Waals surface area contributed by atoms with Crippen LogP contribution in [0.5, 0.6) is 0 Å². The Morgan fingerprint density at radius 3 is 1.49 bits per heavy atom. The molecule has 0 saturated heterocycles. The molecule has 78 heavy (non-hydrogen) atoms. The topological polar surface area (TPSA) is 0 Å². The van der Waals surface area contributed by atoms with E-state index in [1.165, 1.54) is 163 Å². The molecule has 1 aliphatic rings. The Hall–Kier alpha value is -8.58. The van der Waals surface area contributed by atoms with Gasteiger partial charge in [-0.3, -0.25) is 0 Å². The maximum atomic E-state index is 4.06. The molecule has 0 fully saturated rings. The van der Waals surface area contributed by atoms with Gasteiger partial charge in [0.15, 0.2) is 0 Å². The van der Waals surface area contributed by atoms with Crippen LogP contribution in [-0.4, -0.2) is 0 Å². The van der Waals surface area contributed by atoms with Gasteiger partial charge in [-0.1, -0.05) is 288 Å². The molecule has 1 aliphatic carbocycles. The average Bonchev–Trinajstić information content (AvgIpc) is 3.69. The van der Waals surface area contributed by atoms with Crippen LogP contribution < -0.4 is 0 Å². The molecular weight excluding hydrogens is 937 g/mol. The van der Waals surface area contributed by atoms with Crippen molar-refractivity contribution in [2.75, 3.05) is 0 Å². The summed E-state index contributed by atoms with van der Waals surface area (Å²) in [6, 6.07) is 84.0. The predicted molar refractivity (Wildman–Crippen MR) is 345 cm³/mol. The summed E-state index contributed by atoms with van der Waals surface area (Å²) in [6.45, 7) is 16.7. The smallest absolute Gasteiger partial charge is 0.00264 e. The monoisotopic (exact) mass is 1010 g/mol. The van der Waals surface area contributed by atoms with E-state index in [-0.39, 0.29) is 0 Å². The van der Waals surface area contributed by atoms with E-state index in [9.17, 15) is 0 Å². The zero-order valence-corrected chi connectivity index (χ0v) is 46.5. The summed E-state index contributed by atoms with van der Waals surface area (Å²) in [5.41, 5.74) is 20.0. The molecule has 0 radical (unpaired) electrons. The zero-order chi connectivity index (χ0) is 54.0. The lowest BCUT2D eigenvalue weighted by molar-refractivity contribution is 0.717. The molecule has 0 atom stereocenters. The summed E-state index contributed by atoms with van der Waals surface area (Å²) in [5.74, 6) is 0. The molecule has 0 aromatic heterocycles. The Morgan fingerprint density at radius 1 is 0.410 bits per heavy atom. The van der Waals surface area contributed by atoms with Crippen LogP contribution in [0.3, 0.4) is 0 Å². The number of hydrogen-bond acceptors (Lipinski definition) is 0. The van der Waals surface area contributed by atoms with E-state index in [2.05, 4.69) is 271 Å². The third-order valence-electron chi connectivity index (χ3n) is 15.7. The van der Waals surface area contributed by atoms with Crippen molar-refractivity contribution in [1.29, 1.82) is 0 Å². The first-order valence-corrected chi connectivity index (χ1v) is 28.4. The molecule has 13 rings (SSSR count). The van der Waals surface area contributed by atoms with Gasteiger partial charge >= 0.3 is 0 Å². The summed E-state index contributed by atoms with van der Waals surface area (Å²) >= 11 is 0. The van der Waals surface area contributed by atoms with Crippen LogP contribution in [0.1, 0.15) is 86.8 Å². The highest BCUT2D eigenvalue weighted by molar-refractivity contribution is 6.21. The highest BCUT2D eigenvalue weighted by atomic mass is 14.2. The van der Waals surface area contributed by atoms with Gasteiger partial charge in [0, 0.05) is 0 Å². The summed E-state index contributed by atoms with van der Waals surface area (Å²) in [6.07, 6.45) is 11.6. The Bertz CT molecular complexity index is 4000. The molecule has 0 spiro atoms. The van der Waals surface area contributed by atoms with E-state index in [0.717, 1.165) is 12.8 Å². The zero-order valence-electron chi connectivity index (χ0n) is 46.5. The fourth-order valence-electron chi connectivity index (χ4n) is 11.7. The second-order valence-electron chi connectivity index (χ2n) is 20.5. The number of fused-ring (bicyclic) bond motifs is 5.